The third-order valence-electron chi connectivity index (χ3n) is 3.83. The van der Waals surface area contributed by atoms with Crippen molar-refractivity contribution < 1.29 is 9.53 Å². The number of H-pyrrole nitrogens is 1. The Kier molecular flexibility index (Phi) is 4.15. The molecule has 4 aromatic rings. The molecule has 0 saturated carbocycles. The third kappa shape index (κ3) is 2.87. The second-order valence-electron chi connectivity index (χ2n) is 5.43. The normalized spacial score (nSPS) is 12.5. The fraction of sp³-hybridized carbons (Fsp3) is 0.167. The third-order valence-corrected chi connectivity index (χ3v) is 5.01. The Morgan fingerprint density at radius 3 is 2.76 bits per heavy atom. The fourth-order valence-electron chi connectivity index (χ4n) is 2.72. The molecule has 1 atom stereocenters. The van der Waals surface area contributed by atoms with Gasteiger partial charge in [0.2, 0.25) is 5.78 Å². The minimum Gasteiger partial charge on any atom is -0.465 e. The molecule has 6 nitrogen and oxygen atoms in total. The second kappa shape index (κ2) is 6.60. The standard InChI is InChI=1S/C18H16N4O2S/c1-2-24-16(23)15(12-8-4-3-5-9-12)25-18-21-20-17-19-13-10-6-7-11-14(13)22(17)18/h3-11,15H,2H2,1H3,(H,19,20). The van der Waals surface area contributed by atoms with Gasteiger partial charge in [-0.05, 0) is 24.6 Å². The van der Waals surface area contributed by atoms with Crippen LogP contribution in [0.1, 0.15) is 17.7 Å². The van der Waals surface area contributed by atoms with Crippen molar-refractivity contribution in [2.24, 2.45) is 0 Å². The maximum absolute atomic E-state index is 12.5. The highest BCUT2D eigenvalue weighted by Gasteiger charge is 2.26. The van der Waals surface area contributed by atoms with Crippen LogP contribution in [0.4, 0.5) is 0 Å². The molecule has 0 spiro atoms. The molecule has 0 bridgehead atoms. The molecule has 7 heteroatoms. The van der Waals surface area contributed by atoms with Crippen LogP contribution in [0.3, 0.4) is 0 Å². The maximum atomic E-state index is 12.5. The molecule has 0 aliphatic carbocycles. The number of fused-ring (bicyclic) bond motifs is 3. The van der Waals surface area contributed by atoms with Gasteiger partial charge in [0.1, 0.15) is 5.25 Å². The van der Waals surface area contributed by atoms with E-state index in [0.717, 1.165) is 16.6 Å². The lowest BCUT2D eigenvalue weighted by Crippen LogP contribution is -2.13. The molecule has 0 saturated heterocycles. The first-order valence-corrected chi connectivity index (χ1v) is 8.85. The number of rotatable bonds is 5. The van der Waals surface area contributed by atoms with E-state index in [1.165, 1.54) is 11.8 Å². The molecule has 25 heavy (non-hydrogen) atoms. The summed E-state index contributed by atoms with van der Waals surface area (Å²) in [6.07, 6.45) is 0. The summed E-state index contributed by atoms with van der Waals surface area (Å²) in [5.41, 5.74) is 2.71. The number of thioether (sulfide) groups is 1. The van der Waals surface area contributed by atoms with Crippen LogP contribution in [0, 0.1) is 0 Å². The summed E-state index contributed by atoms with van der Waals surface area (Å²) in [7, 11) is 0. The molecule has 2 aromatic carbocycles. The van der Waals surface area contributed by atoms with Crippen LogP contribution >= 0.6 is 11.8 Å². The van der Waals surface area contributed by atoms with Gasteiger partial charge in [-0.25, -0.2) is 10.1 Å². The van der Waals surface area contributed by atoms with Gasteiger partial charge in [0, 0.05) is 0 Å². The topological polar surface area (TPSA) is 72.3 Å². The number of benzene rings is 2. The zero-order valence-electron chi connectivity index (χ0n) is 13.5. The molecule has 0 aliphatic heterocycles. The van der Waals surface area contributed by atoms with Crippen LogP contribution in [-0.4, -0.2) is 32.2 Å². The Morgan fingerprint density at radius 2 is 1.96 bits per heavy atom. The van der Waals surface area contributed by atoms with Gasteiger partial charge in [-0.15, -0.1) is 5.10 Å². The van der Waals surface area contributed by atoms with Gasteiger partial charge in [-0.1, -0.05) is 54.2 Å². The smallest absolute Gasteiger partial charge is 0.324 e. The number of nitrogens with zero attached hydrogens (tertiary/aromatic N) is 3. The SMILES string of the molecule is CCOC(=O)C(Sc1n[nH]c2nc3ccccc3n12)c1ccccc1. The first-order valence-electron chi connectivity index (χ1n) is 7.97. The molecule has 4 rings (SSSR count). The van der Waals surface area contributed by atoms with E-state index in [1.54, 1.807) is 6.92 Å². The van der Waals surface area contributed by atoms with Gasteiger partial charge >= 0.3 is 5.97 Å². The summed E-state index contributed by atoms with van der Waals surface area (Å²) in [6, 6.07) is 17.4. The van der Waals surface area contributed by atoms with E-state index in [-0.39, 0.29) is 5.97 Å². The van der Waals surface area contributed by atoms with Crippen molar-refractivity contribution in [2.75, 3.05) is 6.61 Å². The van der Waals surface area contributed by atoms with Crippen LogP contribution in [-0.2, 0) is 9.53 Å². The number of para-hydroxylation sites is 2. The number of aromatic amines is 1. The Balaban J connectivity index is 1.77. The summed E-state index contributed by atoms with van der Waals surface area (Å²) in [5.74, 6) is 0.374. The van der Waals surface area contributed by atoms with Crippen molar-refractivity contribution in [3.63, 3.8) is 0 Å². The highest BCUT2D eigenvalue weighted by molar-refractivity contribution is 8.00. The van der Waals surface area contributed by atoms with E-state index >= 15 is 0 Å². The first-order chi connectivity index (χ1) is 12.3. The number of aromatic nitrogens is 4. The van der Waals surface area contributed by atoms with Gasteiger partial charge in [-0.3, -0.25) is 9.20 Å². The number of esters is 1. The molecule has 0 aliphatic rings. The van der Waals surface area contributed by atoms with Gasteiger partial charge < -0.3 is 4.74 Å². The van der Waals surface area contributed by atoms with Gasteiger partial charge in [0.25, 0.3) is 0 Å². The van der Waals surface area contributed by atoms with Gasteiger partial charge in [-0.2, -0.15) is 0 Å². The van der Waals surface area contributed by atoms with E-state index in [0.29, 0.717) is 17.5 Å². The Morgan fingerprint density at radius 1 is 1.20 bits per heavy atom. The Hall–Kier alpha value is -2.80. The van der Waals surface area contributed by atoms with Crippen LogP contribution in [0.15, 0.2) is 59.8 Å². The van der Waals surface area contributed by atoms with Crippen molar-refractivity contribution in [2.45, 2.75) is 17.3 Å². The molecular formula is C18H16N4O2S. The van der Waals surface area contributed by atoms with Crippen molar-refractivity contribution in [3.8, 4) is 0 Å². The lowest BCUT2D eigenvalue weighted by atomic mass is 10.1. The Labute approximate surface area is 148 Å². The van der Waals surface area contributed by atoms with E-state index < -0.39 is 5.25 Å². The van der Waals surface area contributed by atoms with Crippen molar-refractivity contribution >= 4 is 34.5 Å². The molecule has 0 radical (unpaired) electrons. The van der Waals surface area contributed by atoms with Crippen LogP contribution in [0.25, 0.3) is 16.8 Å². The average molecular weight is 352 g/mol. The van der Waals surface area contributed by atoms with Gasteiger partial charge in [0.15, 0.2) is 5.16 Å². The first kappa shape index (κ1) is 15.7. The predicted octanol–water partition coefficient (Wildman–Crippen LogP) is 3.61. The average Bonchev–Trinajstić information content (AvgIpc) is 3.20. The number of carbonyl (C=O) groups is 1. The quantitative estimate of drug-likeness (QED) is 0.439. The van der Waals surface area contributed by atoms with Crippen LogP contribution in [0.2, 0.25) is 0 Å². The number of hydrogen-bond acceptors (Lipinski definition) is 5. The summed E-state index contributed by atoms with van der Waals surface area (Å²) < 4.78 is 7.19. The van der Waals surface area contributed by atoms with E-state index in [4.69, 9.17) is 4.74 Å². The molecule has 1 unspecified atom stereocenters. The van der Waals surface area contributed by atoms with Crippen molar-refractivity contribution in [1.29, 1.82) is 0 Å². The second-order valence-corrected chi connectivity index (χ2v) is 6.50. The molecule has 1 N–H and O–H groups in total. The summed E-state index contributed by atoms with van der Waals surface area (Å²) >= 11 is 1.35. The minimum absolute atomic E-state index is 0.278. The van der Waals surface area contributed by atoms with Crippen molar-refractivity contribution in [1.82, 2.24) is 19.6 Å². The van der Waals surface area contributed by atoms with Crippen LogP contribution < -0.4 is 0 Å². The predicted molar refractivity (Wildman–Crippen MR) is 96.5 cm³/mol. The summed E-state index contributed by atoms with van der Waals surface area (Å²) in [6.45, 7) is 2.15. The molecule has 2 aromatic heterocycles. The monoisotopic (exact) mass is 352 g/mol. The number of nitrogens with one attached hydrogen (secondary N) is 1. The molecule has 2 heterocycles. The van der Waals surface area contributed by atoms with E-state index in [2.05, 4.69) is 15.2 Å². The zero-order valence-corrected chi connectivity index (χ0v) is 14.4. The Bertz CT molecular complexity index is 1030. The highest BCUT2D eigenvalue weighted by atomic mass is 32.2. The lowest BCUT2D eigenvalue weighted by molar-refractivity contribution is -0.142. The number of carbonyl (C=O) groups excluding carboxylic acids is 1. The summed E-state index contributed by atoms with van der Waals surface area (Å²) in [5, 5.41) is 7.46. The summed E-state index contributed by atoms with van der Waals surface area (Å²) in [4.78, 5) is 17.0. The maximum Gasteiger partial charge on any atom is 0.324 e. The molecule has 0 fully saturated rings. The molecular weight excluding hydrogens is 336 g/mol. The largest absolute Gasteiger partial charge is 0.465 e. The lowest BCUT2D eigenvalue weighted by Gasteiger charge is -2.14. The molecule has 0 amide bonds. The fourth-order valence-corrected chi connectivity index (χ4v) is 3.78. The van der Waals surface area contributed by atoms with E-state index in [1.807, 2.05) is 59.0 Å². The number of imidazole rings is 1. The zero-order chi connectivity index (χ0) is 17.2. The highest BCUT2D eigenvalue weighted by Crippen LogP contribution is 2.36. The van der Waals surface area contributed by atoms with Crippen LogP contribution in [0.5, 0.6) is 0 Å². The minimum atomic E-state index is -0.492. The van der Waals surface area contributed by atoms with Crippen molar-refractivity contribution in [3.05, 3.63) is 60.2 Å². The van der Waals surface area contributed by atoms with Gasteiger partial charge in [0.05, 0.1) is 17.6 Å². The van der Waals surface area contributed by atoms with E-state index in [9.17, 15) is 4.79 Å². The number of hydrogen-bond donors (Lipinski definition) is 1. The number of ether oxygens (including phenoxy) is 1. The molecule has 126 valence electrons.